The van der Waals surface area contributed by atoms with Crippen LogP contribution in [0, 0.1) is 5.92 Å². The molecule has 0 bridgehead atoms. The SMILES string of the molecule is CCC1CC1n1cnnc1CCl. The lowest BCUT2D eigenvalue weighted by Gasteiger charge is -2.01. The second-order valence-corrected chi connectivity index (χ2v) is 3.53. The maximum atomic E-state index is 5.71. The van der Waals surface area contributed by atoms with Crippen LogP contribution in [0.15, 0.2) is 6.33 Å². The van der Waals surface area contributed by atoms with Crippen LogP contribution in [0.4, 0.5) is 0 Å². The first-order chi connectivity index (χ1) is 5.86. The van der Waals surface area contributed by atoms with Gasteiger partial charge >= 0.3 is 0 Å². The van der Waals surface area contributed by atoms with Gasteiger partial charge in [0.05, 0.1) is 5.88 Å². The Morgan fingerprint density at radius 2 is 2.58 bits per heavy atom. The van der Waals surface area contributed by atoms with Crippen molar-refractivity contribution >= 4 is 11.6 Å². The van der Waals surface area contributed by atoms with Crippen molar-refractivity contribution in [1.82, 2.24) is 14.8 Å². The van der Waals surface area contributed by atoms with E-state index in [2.05, 4.69) is 21.7 Å². The molecule has 1 saturated carbocycles. The molecule has 1 aliphatic rings. The molecule has 0 radical (unpaired) electrons. The molecule has 1 aromatic rings. The lowest BCUT2D eigenvalue weighted by atomic mass is 10.3. The third-order valence-corrected chi connectivity index (χ3v) is 2.77. The summed E-state index contributed by atoms with van der Waals surface area (Å²) in [6.45, 7) is 2.22. The van der Waals surface area contributed by atoms with Crippen molar-refractivity contribution in [3.8, 4) is 0 Å². The molecule has 2 unspecified atom stereocenters. The summed E-state index contributed by atoms with van der Waals surface area (Å²) in [6.07, 6.45) is 4.29. The Morgan fingerprint density at radius 3 is 3.17 bits per heavy atom. The maximum absolute atomic E-state index is 5.71. The Balaban J connectivity index is 2.13. The molecule has 0 aliphatic heterocycles. The summed E-state index contributed by atoms with van der Waals surface area (Å²) in [4.78, 5) is 0. The lowest BCUT2D eigenvalue weighted by Crippen LogP contribution is -1.99. The molecule has 3 nitrogen and oxygen atoms in total. The van der Waals surface area contributed by atoms with E-state index in [0.29, 0.717) is 11.9 Å². The average molecular weight is 186 g/mol. The molecule has 0 aromatic carbocycles. The Hall–Kier alpha value is -0.570. The number of hydrogen-bond acceptors (Lipinski definition) is 2. The van der Waals surface area contributed by atoms with Crippen molar-refractivity contribution in [1.29, 1.82) is 0 Å². The van der Waals surface area contributed by atoms with Crippen molar-refractivity contribution in [3.05, 3.63) is 12.2 Å². The monoisotopic (exact) mass is 185 g/mol. The van der Waals surface area contributed by atoms with Gasteiger partial charge in [-0.25, -0.2) is 0 Å². The van der Waals surface area contributed by atoms with Gasteiger partial charge < -0.3 is 4.57 Å². The summed E-state index contributed by atoms with van der Waals surface area (Å²) in [7, 11) is 0. The normalized spacial score (nSPS) is 27.5. The molecule has 2 atom stereocenters. The molecule has 1 heterocycles. The zero-order valence-electron chi connectivity index (χ0n) is 7.07. The molecule has 0 N–H and O–H groups in total. The number of aromatic nitrogens is 3. The fourth-order valence-electron chi connectivity index (χ4n) is 1.65. The summed E-state index contributed by atoms with van der Waals surface area (Å²) in [5.74, 6) is 2.19. The Labute approximate surface area is 76.7 Å². The molecule has 66 valence electrons. The van der Waals surface area contributed by atoms with E-state index in [-0.39, 0.29) is 0 Å². The van der Waals surface area contributed by atoms with Crippen molar-refractivity contribution < 1.29 is 0 Å². The van der Waals surface area contributed by atoms with Crippen LogP contribution in [0.1, 0.15) is 31.6 Å². The summed E-state index contributed by atoms with van der Waals surface area (Å²) >= 11 is 5.71. The number of rotatable bonds is 3. The minimum atomic E-state index is 0.465. The number of hydrogen-bond donors (Lipinski definition) is 0. The van der Waals surface area contributed by atoms with Gasteiger partial charge in [0.2, 0.25) is 0 Å². The molecular formula is C8H12ClN3. The first-order valence-corrected chi connectivity index (χ1v) is 4.84. The fourth-order valence-corrected chi connectivity index (χ4v) is 1.84. The molecular weight excluding hydrogens is 174 g/mol. The molecule has 0 spiro atoms. The van der Waals surface area contributed by atoms with Crippen molar-refractivity contribution in [3.63, 3.8) is 0 Å². The predicted molar refractivity (Wildman–Crippen MR) is 47.0 cm³/mol. The fraction of sp³-hybridized carbons (Fsp3) is 0.750. The van der Waals surface area contributed by atoms with E-state index in [1.807, 2.05) is 0 Å². The zero-order chi connectivity index (χ0) is 8.55. The van der Waals surface area contributed by atoms with Crippen LogP contribution < -0.4 is 0 Å². The van der Waals surface area contributed by atoms with E-state index in [1.165, 1.54) is 12.8 Å². The highest BCUT2D eigenvalue weighted by Crippen LogP contribution is 2.45. The average Bonchev–Trinajstić information content (AvgIpc) is 2.74. The predicted octanol–water partition coefficient (Wildman–Crippen LogP) is 1.99. The summed E-state index contributed by atoms with van der Waals surface area (Å²) < 4.78 is 2.11. The smallest absolute Gasteiger partial charge is 0.148 e. The van der Waals surface area contributed by atoms with Crippen molar-refractivity contribution in [2.24, 2.45) is 5.92 Å². The van der Waals surface area contributed by atoms with Crippen LogP contribution in [-0.2, 0) is 5.88 Å². The molecule has 1 fully saturated rings. The summed E-state index contributed by atoms with van der Waals surface area (Å²) in [5, 5.41) is 7.80. The van der Waals surface area contributed by atoms with E-state index in [1.54, 1.807) is 6.33 Å². The van der Waals surface area contributed by atoms with Gasteiger partial charge in [-0.2, -0.15) is 0 Å². The second kappa shape index (κ2) is 3.05. The molecule has 1 aromatic heterocycles. The van der Waals surface area contributed by atoms with E-state index in [0.717, 1.165) is 11.7 Å². The van der Waals surface area contributed by atoms with Gasteiger partial charge in [0.25, 0.3) is 0 Å². The van der Waals surface area contributed by atoms with Gasteiger partial charge in [-0.1, -0.05) is 13.3 Å². The minimum Gasteiger partial charge on any atom is -0.313 e. The van der Waals surface area contributed by atoms with Crippen LogP contribution in [0.25, 0.3) is 0 Å². The van der Waals surface area contributed by atoms with Gasteiger partial charge in [-0.05, 0) is 12.3 Å². The van der Waals surface area contributed by atoms with Crippen LogP contribution in [0.3, 0.4) is 0 Å². The molecule has 12 heavy (non-hydrogen) atoms. The maximum Gasteiger partial charge on any atom is 0.148 e. The first-order valence-electron chi connectivity index (χ1n) is 4.31. The van der Waals surface area contributed by atoms with Gasteiger partial charge in [0.15, 0.2) is 0 Å². The van der Waals surface area contributed by atoms with E-state index >= 15 is 0 Å². The van der Waals surface area contributed by atoms with Gasteiger partial charge in [0.1, 0.15) is 12.2 Å². The summed E-state index contributed by atoms with van der Waals surface area (Å²) in [6, 6.07) is 0.624. The first kappa shape index (κ1) is 8.05. The van der Waals surface area contributed by atoms with Crippen LogP contribution >= 0.6 is 11.6 Å². The Kier molecular flexibility index (Phi) is 2.05. The lowest BCUT2D eigenvalue weighted by molar-refractivity contribution is 0.622. The van der Waals surface area contributed by atoms with Crippen LogP contribution in [-0.4, -0.2) is 14.8 Å². The topological polar surface area (TPSA) is 30.7 Å². The van der Waals surface area contributed by atoms with E-state index in [4.69, 9.17) is 11.6 Å². The van der Waals surface area contributed by atoms with Crippen LogP contribution in [0.2, 0.25) is 0 Å². The highest BCUT2D eigenvalue weighted by Gasteiger charge is 2.37. The standard InChI is InChI=1S/C8H12ClN3/c1-2-6-3-7(6)12-5-10-11-8(12)4-9/h5-7H,2-4H2,1H3. The third kappa shape index (κ3) is 1.22. The van der Waals surface area contributed by atoms with Gasteiger partial charge in [0, 0.05) is 6.04 Å². The molecule has 0 amide bonds. The second-order valence-electron chi connectivity index (χ2n) is 3.26. The Morgan fingerprint density at radius 1 is 1.75 bits per heavy atom. The molecule has 2 rings (SSSR count). The minimum absolute atomic E-state index is 0.465. The van der Waals surface area contributed by atoms with E-state index < -0.39 is 0 Å². The Bertz CT molecular complexity index is 271. The number of alkyl halides is 1. The third-order valence-electron chi connectivity index (χ3n) is 2.53. The highest BCUT2D eigenvalue weighted by atomic mass is 35.5. The van der Waals surface area contributed by atoms with Gasteiger partial charge in [-0.3, -0.25) is 0 Å². The number of nitrogens with zero attached hydrogens (tertiary/aromatic N) is 3. The quantitative estimate of drug-likeness (QED) is 0.675. The number of halogens is 1. The van der Waals surface area contributed by atoms with E-state index in [9.17, 15) is 0 Å². The van der Waals surface area contributed by atoms with Crippen molar-refractivity contribution in [2.75, 3.05) is 0 Å². The molecule has 0 saturated heterocycles. The summed E-state index contributed by atoms with van der Waals surface area (Å²) in [5.41, 5.74) is 0. The molecule has 1 aliphatic carbocycles. The zero-order valence-corrected chi connectivity index (χ0v) is 7.83. The van der Waals surface area contributed by atoms with Crippen molar-refractivity contribution in [2.45, 2.75) is 31.7 Å². The van der Waals surface area contributed by atoms with Gasteiger partial charge in [-0.15, -0.1) is 21.8 Å². The largest absolute Gasteiger partial charge is 0.313 e. The highest BCUT2D eigenvalue weighted by molar-refractivity contribution is 6.16. The molecule has 4 heteroatoms. The van der Waals surface area contributed by atoms with Crippen LogP contribution in [0.5, 0.6) is 0 Å².